The zero-order valence-corrected chi connectivity index (χ0v) is 12.0. The molecule has 2 rings (SSSR count). The highest BCUT2D eigenvalue weighted by atomic mass is 35.5. The molecule has 0 saturated heterocycles. The molecule has 7 heteroatoms. The van der Waals surface area contributed by atoms with Crippen LogP contribution in [0, 0.1) is 0 Å². The Kier molecular flexibility index (Phi) is 7.98. The van der Waals surface area contributed by atoms with Gasteiger partial charge in [-0.2, -0.15) is 4.98 Å². The lowest BCUT2D eigenvalue weighted by molar-refractivity contribution is 0.121. The standard InChI is InChI=1S/C11H18N4O.2ClH/c1-13-10-6-7-14-11(15-10)16-9-5-3-2-4-8(9)12;;/h6-9H,2-5,12H2,1H3,(H,13,14,15);2*1H/t8-,9-;;/m1../s1. The lowest BCUT2D eigenvalue weighted by Gasteiger charge is -2.28. The van der Waals surface area contributed by atoms with E-state index in [-0.39, 0.29) is 37.0 Å². The number of rotatable bonds is 3. The fraction of sp³-hybridized carbons (Fsp3) is 0.636. The van der Waals surface area contributed by atoms with Gasteiger partial charge in [-0.3, -0.25) is 0 Å². The summed E-state index contributed by atoms with van der Waals surface area (Å²) in [6, 6.07) is 2.32. The SMILES string of the molecule is CNc1ccnc(O[C@@H]2CCCC[C@H]2N)n1.Cl.Cl. The summed E-state index contributed by atoms with van der Waals surface area (Å²) in [4.78, 5) is 8.31. The predicted octanol–water partition coefficient (Wildman–Crippen LogP) is 2.01. The molecule has 104 valence electrons. The Morgan fingerprint density at radius 1 is 1.33 bits per heavy atom. The summed E-state index contributed by atoms with van der Waals surface area (Å²) in [7, 11) is 1.82. The molecule has 1 aromatic rings. The van der Waals surface area contributed by atoms with Gasteiger partial charge in [0.15, 0.2) is 0 Å². The van der Waals surface area contributed by atoms with Gasteiger partial charge < -0.3 is 15.8 Å². The number of aromatic nitrogens is 2. The summed E-state index contributed by atoms with van der Waals surface area (Å²) in [6.07, 6.45) is 6.12. The van der Waals surface area contributed by atoms with E-state index in [1.165, 1.54) is 12.8 Å². The first-order valence-corrected chi connectivity index (χ1v) is 5.72. The van der Waals surface area contributed by atoms with Crippen LogP contribution in [0.5, 0.6) is 6.01 Å². The van der Waals surface area contributed by atoms with Crippen molar-refractivity contribution in [2.75, 3.05) is 12.4 Å². The van der Waals surface area contributed by atoms with Crippen molar-refractivity contribution in [3.05, 3.63) is 12.3 Å². The van der Waals surface area contributed by atoms with Gasteiger partial charge in [0, 0.05) is 19.3 Å². The van der Waals surface area contributed by atoms with E-state index < -0.39 is 0 Å². The Morgan fingerprint density at radius 3 is 2.72 bits per heavy atom. The van der Waals surface area contributed by atoms with Gasteiger partial charge in [-0.05, 0) is 25.3 Å². The van der Waals surface area contributed by atoms with Gasteiger partial charge in [0.1, 0.15) is 11.9 Å². The molecule has 18 heavy (non-hydrogen) atoms. The molecule has 0 aliphatic heterocycles. The van der Waals surface area contributed by atoms with Crippen molar-refractivity contribution in [2.45, 2.75) is 37.8 Å². The smallest absolute Gasteiger partial charge is 0.318 e. The van der Waals surface area contributed by atoms with Crippen molar-refractivity contribution in [3.63, 3.8) is 0 Å². The molecule has 1 aliphatic rings. The predicted molar refractivity (Wildman–Crippen MR) is 76.9 cm³/mol. The second kappa shape index (κ2) is 8.34. The van der Waals surface area contributed by atoms with Gasteiger partial charge in [-0.25, -0.2) is 4.98 Å². The maximum atomic E-state index is 6.00. The van der Waals surface area contributed by atoms with E-state index in [0.29, 0.717) is 6.01 Å². The lowest BCUT2D eigenvalue weighted by Crippen LogP contribution is -2.41. The van der Waals surface area contributed by atoms with Crippen LogP contribution in [-0.2, 0) is 0 Å². The largest absolute Gasteiger partial charge is 0.458 e. The number of hydrogen-bond acceptors (Lipinski definition) is 5. The number of halogens is 2. The molecule has 2 atom stereocenters. The maximum absolute atomic E-state index is 6.00. The number of hydrogen-bond donors (Lipinski definition) is 2. The molecule has 0 amide bonds. The maximum Gasteiger partial charge on any atom is 0.318 e. The summed E-state index contributed by atoms with van der Waals surface area (Å²) >= 11 is 0. The first kappa shape index (κ1) is 17.2. The van der Waals surface area contributed by atoms with Gasteiger partial charge in [-0.1, -0.05) is 6.42 Å². The Bertz CT molecular complexity index is 354. The molecule has 1 aromatic heterocycles. The third-order valence-electron chi connectivity index (χ3n) is 2.90. The van der Waals surface area contributed by atoms with Crippen molar-refractivity contribution in [2.24, 2.45) is 5.73 Å². The Labute approximate surface area is 120 Å². The van der Waals surface area contributed by atoms with Crippen molar-refractivity contribution in [1.29, 1.82) is 0 Å². The van der Waals surface area contributed by atoms with Crippen molar-refractivity contribution in [1.82, 2.24) is 9.97 Å². The van der Waals surface area contributed by atoms with E-state index in [1.807, 2.05) is 7.05 Å². The van der Waals surface area contributed by atoms with Gasteiger partial charge in [-0.15, -0.1) is 24.8 Å². The lowest BCUT2D eigenvalue weighted by atomic mass is 9.93. The van der Waals surface area contributed by atoms with Gasteiger partial charge in [0.05, 0.1) is 0 Å². The molecule has 0 bridgehead atoms. The van der Waals surface area contributed by atoms with Crippen LogP contribution in [-0.4, -0.2) is 29.2 Å². The van der Waals surface area contributed by atoms with E-state index in [4.69, 9.17) is 10.5 Å². The van der Waals surface area contributed by atoms with E-state index in [1.54, 1.807) is 12.3 Å². The molecule has 1 heterocycles. The van der Waals surface area contributed by atoms with Crippen LogP contribution >= 0.6 is 24.8 Å². The summed E-state index contributed by atoms with van der Waals surface area (Å²) in [5.74, 6) is 0.759. The number of anilines is 1. The van der Waals surface area contributed by atoms with Crippen LogP contribution in [0.3, 0.4) is 0 Å². The number of ether oxygens (including phenoxy) is 1. The Hall–Kier alpha value is -0.780. The fourth-order valence-corrected chi connectivity index (χ4v) is 1.94. The van der Waals surface area contributed by atoms with Crippen LogP contribution in [0.1, 0.15) is 25.7 Å². The molecule has 1 saturated carbocycles. The van der Waals surface area contributed by atoms with Crippen molar-refractivity contribution >= 4 is 30.6 Å². The summed E-state index contributed by atoms with van der Waals surface area (Å²) < 4.78 is 5.72. The van der Waals surface area contributed by atoms with Crippen LogP contribution in [0.4, 0.5) is 5.82 Å². The first-order chi connectivity index (χ1) is 7.79. The minimum Gasteiger partial charge on any atom is -0.458 e. The highest BCUT2D eigenvalue weighted by molar-refractivity contribution is 5.85. The number of nitrogens with one attached hydrogen (secondary N) is 1. The topological polar surface area (TPSA) is 73.1 Å². The van der Waals surface area contributed by atoms with Crippen LogP contribution in [0.25, 0.3) is 0 Å². The molecule has 0 radical (unpaired) electrons. The molecule has 0 unspecified atom stereocenters. The quantitative estimate of drug-likeness (QED) is 0.892. The minimum atomic E-state index is 0. The summed E-state index contributed by atoms with van der Waals surface area (Å²) in [6.45, 7) is 0. The molecular weight excluding hydrogens is 275 g/mol. The highest BCUT2D eigenvalue weighted by Crippen LogP contribution is 2.21. The van der Waals surface area contributed by atoms with Crippen molar-refractivity contribution < 1.29 is 4.74 Å². The monoisotopic (exact) mass is 294 g/mol. The molecule has 1 aliphatic carbocycles. The van der Waals surface area contributed by atoms with E-state index >= 15 is 0 Å². The first-order valence-electron chi connectivity index (χ1n) is 5.72. The number of nitrogens with two attached hydrogens (primary N) is 1. The molecule has 1 fully saturated rings. The van der Waals surface area contributed by atoms with E-state index in [2.05, 4.69) is 15.3 Å². The van der Waals surface area contributed by atoms with Gasteiger partial charge in [0.25, 0.3) is 0 Å². The Balaban J connectivity index is 0.00000144. The zero-order valence-electron chi connectivity index (χ0n) is 10.3. The van der Waals surface area contributed by atoms with Crippen LogP contribution in [0.2, 0.25) is 0 Å². The molecule has 0 spiro atoms. The third kappa shape index (κ3) is 4.48. The fourth-order valence-electron chi connectivity index (χ4n) is 1.94. The summed E-state index contributed by atoms with van der Waals surface area (Å²) in [5.41, 5.74) is 6.00. The summed E-state index contributed by atoms with van der Waals surface area (Å²) in [5, 5.41) is 2.95. The normalized spacial score (nSPS) is 22.3. The molecule has 0 aromatic carbocycles. The number of nitrogens with zero attached hydrogens (tertiary/aromatic N) is 2. The van der Waals surface area contributed by atoms with Gasteiger partial charge >= 0.3 is 6.01 Å². The van der Waals surface area contributed by atoms with E-state index in [0.717, 1.165) is 18.7 Å². The van der Waals surface area contributed by atoms with Crippen LogP contribution < -0.4 is 15.8 Å². The third-order valence-corrected chi connectivity index (χ3v) is 2.90. The average Bonchev–Trinajstić information content (AvgIpc) is 2.32. The second-order valence-corrected chi connectivity index (χ2v) is 4.08. The van der Waals surface area contributed by atoms with Crippen LogP contribution in [0.15, 0.2) is 12.3 Å². The minimum absolute atomic E-state index is 0. The molecule has 5 nitrogen and oxygen atoms in total. The highest BCUT2D eigenvalue weighted by Gasteiger charge is 2.24. The molecule has 3 N–H and O–H groups in total. The van der Waals surface area contributed by atoms with E-state index in [9.17, 15) is 0 Å². The molecular formula is C11H20Cl2N4O. The van der Waals surface area contributed by atoms with Crippen molar-refractivity contribution in [3.8, 4) is 6.01 Å². The van der Waals surface area contributed by atoms with Gasteiger partial charge in [0.2, 0.25) is 0 Å². The Morgan fingerprint density at radius 2 is 2.06 bits per heavy atom. The second-order valence-electron chi connectivity index (χ2n) is 4.08. The average molecular weight is 295 g/mol. The zero-order chi connectivity index (χ0) is 11.4.